The quantitative estimate of drug-likeness (QED) is 0.440. The fourth-order valence-corrected chi connectivity index (χ4v) is 2.47. The number of non-ortho nitro benzene ring substituents is 1. The van der Waals surface area contributed by atoms with Gasteiger partial charge in [-0.15, -0.1) is 0 Å². The van der Waals surface area contributed by atoms with Gasteiger partial charge in [0.2, 0.25) is 5.69 Å². The largest absolute Gasteiger partial charge is 0.394 e. The van der Waals surface area contributed by atoms with Gasteiger partial charge in [0.05, 0.1) is 22.5 Å². The minimum Gasteiger partial charge on any atom is -0.394 e. The molecule has 2 atom stereocenters. The lowest BCUT2D eigenvalue weighted by Gasteiger charge is -2.22. The Bertz CT molecular complexity index is 849. The summed E-state index contributed by atoms with van der Waals surface area (Å²) in [5.41, 5.74) is -0.774. The molecule has 2 unspecified atom stereocenters. The van der Waals surface area contributed by atoms with Crippen LogP contribution < -0.4 is 5.32 Å². The van der Waals surface area contributed by atoms with Crippen molar-refractivity contribution in [3.05, 3.63) is 61.9 Å². The zero-order valence-corrected chi connectivity index (χ0v) is 14.2. The van der Waals surface area contributed by atoms with Crippen molar-refractivity contribution in [1.29, 1.82) is 0 Å². The number of aryl methyl sites for hydroxylation is 1. The molecule has 12 nitrogen and oxygen atoms in total. The Morgan fingerprint density at radius 3 is 2.37 bits per heavy atom. The van der Waals surface area contributed by atoms with E-state index in [-0.39, 0.29) is 23.5 Å². The van der Waals surface area contributed by atoms with E-state index in [0.717, 1.165) is 10.9 Å². The van der Waals surface area contributed by atoms with Crippen LogP contribution in [0.5, 0.6) is 0 Å². The Labute approximate surface area is 152 Å². The van der Waals surface area contributed by atoms with Crippen LogP contribution >= 0.6 is 0 Å². The Morgan fingerprint density at radius 1 is 1.26 bits per heavy atom. The van der Waals surface area contributed by atoms with E-state index in [1.165, 1.54) is 24.3 Å². The molecule has 0 radical (unpaired) electrons. The predicted octanol–water partition coefficient (Wildman–Crippen LogP) is 0.544. The molecule has 27 heavy (non-hydrogen) atoms. The highest BCUT2D eigenvalue weighted by molar-refractivity contribution is 5.96. The average molecular weight is 379 g/mol. The van der Waals surface area contributed by atoms with E-state index in [4.69, 9.17) is 0 Å². The molecular formula is C15H17N5O7. The number of carbonyl (C=O) groups excluding carboxylic acids is 1. The van der Waals surface area contributed by atoms with Gasteiger partial charge in [-0.2, -0.15) is 5.10 Å². The van der Waals surface area contributed by atoms with Crippen LogP contribution in [0, 0.1) is 20.2 Å². The highest BCUT2D eigenvalue weighted by Crippen LogP contribution is 2.22. The van der Waals surface area contributed by atoms with E-state index in [1.54, 1.807) is 6.92 Å². The molecule has 3 N–H and O–H groups in total. The summed E-state index contributed by atoms with van der Waals surface area (Å²) in [6.45, 7) is 1.17. The molecule has 0 aliphatic rings. The molecule has 0 saturated carbocycles. The Kier molecular flexibility index (Phi) is 6.15. The number of amides is 1. The molecule has 2 rings (SSSR count). The van der Waals surface area contributed by atoms with Crippen molar-refractivity contribution in [3.8, 4) is 0 Å². The molecule has 2 aromatic rings. The monoisotopic (exact) mass is 379 g/mol. The van der Waals surface area contributed by atoms with E-state index >= 15 is 0 Å². The van der Waals surface area contributed by atoms with Crippen LogP contribution in [-0.2, 0) is 6.54 Å². The first kappa shape index (κ1) is 19.9. The smallest absolute Gasteiger partial charge is 0.320 e. The molecule has 1 heterocycles. The summed E-state index contributed by atoms with van der Waals surface area (Å²) < 4.78 is 1.13. The number of aliphatic hydroxyl groups is 2. The highest BCUT2D eigenvalue weighted by Gasteiger charge is 2.30. The first-order valence-electron chi connectivity index (χ1n) is 7.84. The van der Waals surface area contributed by atoms with Gasteiger partial charge in [0.25, 0.3) is 11.6 Å². The second-order valence-corrected chi connectivity index (χ2v) is 5.51. The normalized spacial score (nSPS) is 13.0. The van der Waals surface area contributed by atoms with Crippen LogP contribution in [0.3, 0.4) is 0 Å². The number of hydrogen-bond donors (Lipinski definition) is 3. The van der Waals surface area contributed by atoms with E-state index in [0.29, 0.717) is 0 Å². The highest BCUT2D eigenvalue weighted by atomic mass is 16.6. The van der Waals surface area contributed by atoms with Crippen molar-refractivity contribution in [2.24, 2.45) is 0 Å². The first-order chi connectivity index (χ1) is 12.8. The molecule has 0 bridgehead atoms. The summed E-state index contributed by atoms with van der Waals surface area (Å²) in [5.74, 6) is -0.888. The molecular weight excluding hydrogens is 362 g/mol. The first-order valence-corrected chi connectivity index (χ1v) is 7.84. The second kappa shape index (κ2) is 8.33. The maximum Gasteiger partial charge on any atom is 0.320 e. The van der Waals surface area contributed by atoms with Gasteiger partial charge < -0.3 is 15.5 Å². The Balaban J connectivity index is 2.23. The number of nitro groups is 2. The zero-order valence-electron chi connectivity index (χ0n) is 14.2. The van der Waals surface area contributed by atoms with Gasteiger partial charge in [0.1, 0.15) is 12.3 Å². The van der Waals surface area contributed by atoms with Crippen LogP contribution in [0.25, 0.3) is 0 Å². The van der Waals surface area contributed by atoms with Gasteiger partial charge in [0, 0.05) is 18.7 Å². The number of hydrogen-bond acceptors (Lipinski definition) is 8. The maximum atomic E-state index is 12.5. The number of aliphatic hydroxyl groups excluding tert-OH is 2. The zero-order chi connectivity index (χ0) is 20.1. The van der Waals surface area contributed by atoms with Crippen LogP contribution in [0.15, 0.2) is 30.5 Å². The summed E-state index contributed by atoms with van der Waals surface area (Å²) in [4.78, 5) is 32.9. The van der Waals surface area contributed by atoms with E-state index in [9.17, 15) is 35.2 Å². The number of rotatable bonds is 8. The molecule has 0 saturated heterocycles. The minimum atomic E-state index is -1.39. The van der Waals surface area contributed by atoms with E-state index < -0.39 is 40.2 Å². The molecule has 1 aromatic heterocycles. The lowest BCUT2D eigenvalue weighted by atomic mass is 10.0. The summed E-state index contributed by atoms with van der Waals surface area (Å²) in [6.07, 6.45) is -0.448. The topological polar surface area (TPSA) is 174 Å². The van der Waals surface area contributed by atoms with Gasteiger partial charge in [0.15, 0.2) is 0 Å². The molecule has 1 aromatic carbocycles. The fourth-order valence-electron chi connectivity index (χ4n) is 2.47. The van der Waals surface area contributed by atoms with Crippen molar-refractivity contribution < 1.29 is 24.9 Å². The molecule has 0 fully saturated rings. The van der Waals surface area contributed by atoms with Gasteiger partial charge in [-0.1, -0.05) is 0 Å². The molecule has 144 valence electrons. The Hall–Kier alpha value is -3.38. The molecule has 1 amide bonds. The number of nitro benzene ring substituents is 1. The Morgan fingerprint density at radius 2 is 1.89 bits per heavy atom. The van der Waals surface area contributed by atoms with Gasteiger partial charge >= 0.3 is 5.69 Å². The van der Waals surface area contributed by atoms with Crippen molar-refractivity contribution in [2.45, 2.75) is 25.6 Å². The van der Waals surface area contributed by atoms with Gasteiger partial charge in [-0.3, -0.25) is 29.7 Å². The summed E-state index contributed by atoms with van der Waals surface area (Å²) >= 11 is 0. The van der Waals surface area contributed by atoms with Crippen LogP contribution in [0.2, 0.25) is 0 Å². The standard InChI is InChI=1S/C15H17N5O7/c1-2-18-13(12(7-16-18)20(26)27)15(23)17-11(8-21)14(22)9-3-5-10(6-4-9)19(24)25/h3-7,11,14,21-22H,2,8H2,1H3,(H,17,23). The summed E-state index contributed by atoms with van der Waals surface area (Å²) in [5, 5.41) is 47.7. The average Bonchev–Trinajstić information content (AvgIpc) is 3.10. The van der Waals surface area contributed by atoms with Crippen LogP contribution in [0.1, 0.15) is 29.1 Å². The lowest BCUT2D eigenvalue weighted by molar-refractivity contribution is -0.385. The molecule has 0 aliphatic carbocycles. The molecule has 0 spiro atoms. The third kappa shape index (κ3) is 4.24. The minimum absolute atomic E-state index is 0.182. The predicted molar refractivity (Wildman–Crippen MR) is 91.0 cm³/mol. The van der Waals surface area contributed by atoms with Gasteiger partial charge in [-0.05, 0) is 24.6 Å². The van der Waals surface area contributed by atoms with Crippen molar-refractivity contribution in [2.75, 3.05) is 6.61 Å². The third-order valence-corrected chi connectivity index (χ3v) is 3.87. The van der Waals surface area contributed by atoms with E-state index in [2.05, 4.69) is 10.4 Å². The number of carbonyl (C=O) groups is 1. The number of nitrogens with zero attached hydrogens (tertiary/aromatic N) is 4. The van der Waals surface area contributed by atoms with Crippen molar-refractivity contribution in [3.63, 3.8) is 0 Å². The number of benzene rings is 1. The maximum absolute atomic E-state index is 12.5. The molecule has 0 aliphatic heterocycles. The number of nitrogens with one attached hydrogen (secondary N) is 1. The summed E-state index contributed by atoms with van der Waals surface area (Å²) in [7, 11) is 0. The van der Waals surface area contributed by atoms with E-state index in [1.807, 2.05) is 0 Å². The van der Waals surface area contributed by atoms with Gasteiger partial charge in [-0.25, -0.2) is 0 Å². The van der Waals surface area contributed by atoms with Crippen LogP contribution in [0.4, 0.5) is 11.4 Å². The van der Waals surface area contributed by atoms with Crippen LogP contribution in [-0.4, -0.2) is 48.4 Å². The molecule has 12 heteroatoms. The lowest BCUT2D eigenvalue weighted by Crippen LogP contribution is -2.42. The van der Waals surface area contributed by atoms with Crippen molar-refractivity contribution in [1.82, 2.24) is 15.1 Å². The fraction of sp³-hybridized carbons (Fsp3) is 0.333. The second-order valence-electron chi connectivity index (χ2n) is 5.51. The number of aromatic nitrogens is 2. The summed E-state index contributed by atoms with van der Waals surface area (Å²) in [6, 6.07) is 3.73. The van der Waals surface area contributed by atoms with Crippen molar-refractivity contribution >= 4 is 17.3 Å². The third-order valence-electron chi connectivity index (χ3n) is 3.87. The SMILES string of the molecule is CCn1ncc([N+](=O)[O-])c1C(=O)NC(CO)C(O)c1ccc([N+](=O)[O-])cc1.